The molecule has 1 amide bonds. The zero-order valence-corrected chi connectivity index (χ0v) is 17.7. The number of fused-ring (bicyclic) bond motifs is 1. The van der Waals surface area contributed by atoms with Crippen molar-refractivity contribution >= 4 is 11.6 Å². The minimum Gasteiger partial charge on any atom is -0.490 e. The van der Waals surface area contributed by atoms with Crippen LogP contribution in [-0.4, -0.2) is 31.6 Å². The maximum Gasteiger partial charge on any atom is 0.227 e. The minimum absolute atomic E-state index is 0.192. The molecule has 0 aromatic heterocycles. The molecule has 2 fully saturated rings. The topological polar surface area (TPSA) is 53.6 Å². The molecule has 30 heavy (non-hydrogen) atoms. The van der Waals surface area contributed by atoms with Gasteiger partial charge in [-0.15, -0.1) is 0 Å². The van der Waals surface area contributed by atoms with Crippen molar-refractivity contribution in [2.24, 2.45) is 0 Å². The first-order chi connectivity index (χ1) is 14.7. The highest BCUT2D eigenvalue weighted by atomic mass is 16.5. The largest absolute Gasteiger partial charge is 0.490 e. The lowest BCUT2D eigenvalue weighted by molar-refractivity contribution is -0.118. The van der Waals surface area contributed by atoms with Gasteiger partial charge in [0.1, 0.15) is 5.75 Å². The molecule has 0 radical (unpaired) electrons. The molecule has 0 spiro atoms. The van der Waals surface area contributed by atoms with E-state index in [4.69, 9.17) is 4.74 Å². The highest BCUT2D eigenvalue weighted by Crippen LogP contribution is 2.37. The third-order valence-electron chi connectivity index (χ3n) is 6.60. The number of rotatable bonds is 6. The number of aryl methyl sites for hydroxylation is 1. The Labute approximate surface area is 178 Å². The van der Waals surface area contributed by atoms with Crippen LogP contribution in [-0.2, 0) is 17.8 Å². The van der Waals surface area contributed by atoms with E-state index in [1.807, 2.05) is 7.05 Å². The average Bonchev–Trinajstić information content (AvgIpc) is 3.60. The Morgan fingerprint density at radius 1 is 1.13 bits per heavy atom. The van der Waals surface area contributed by atoms with E-state index in [2.05, 4.69) is 53.1 Å². The number of benzene rings is 2. The van der Waals surface area contributed by atoms with Crippen LogP contribution in [0, 0.1) is 0 Å². The summed E-state index contributed by atoms with van der Waals surface area (Å²) < 4.78 is 6.28. The van der Waals surface area contributed by atoms with E-state index in [-0.39, 0.29) is 5.91 Å². The SMILES string of the molecule is CN1C(=O)CCc2cc(OC3CC3)c(CNC3CCCNC3c3ccccc3)cc21. The van der Waals surface area contributed by atoms with Crippen LogP contribution in [0.5, 0.6) is 5.75 Å². The Morgan fingerprint density at radius 3 is 2.77 bits per heavy atom. The number of nitrogens with one attached hydrogen (secondary N) is 2. The zero-order chi connectivity index (χ0) is 20.5. The van der Waals surface area contributed by atoms with Crippen LogP contribution >= 0.6 is 0 Å². The molecule has 2 aromatic rings. The van der Waals surface area contributed by atoms with E-state index in [1.54, 1.807) is 4.90 Å². The average molecular weight is 406 g/mol. The van der Waals surface area contributed by atoms with Crippen molar-refractivity contribution < 1.29 is 9.53 Å². The Bertz CT molecular complexity index is 910. The molecule has 2 atom stereocenters. The van der Waals surface area contributed by atoms with E-state index in [0.717, 1.165) is 55.8 Å². The lowest BCUT2D eigenvalue weighted by atomic mass is 9.92. The van der Waals surface area contributed by atoms with E-state index in [9.17, 15) is 4.79 Å². The first-order valence-electron chi connectivity index (χ1n) is 11.3. The lowest BCUT2D eigenvalue weighted by Crippen LogP contribution is -2.45. The predicted molar refractivity (Wildman–Crippen MR) is 119 cm³/mol. The molecule has 1 saturated carbocycles. The summed E-state index contributed by atoms with van der Waals surface area (Å²) in [7, 11) is 1.88. The second-order valence-electron chi connectivity index (χ2n) is 8.83. The number of piperidine rings is 1. The summed E-state index contributed by atoms with van der Waals surface area (Å²) in [5, 5.41) is 7.50. The molecule has 5 nitrogen and oxygen atoms in total. The molecular weight excluding hydrogens is 374 g/mol. The van der Waals surface area contributed by atoms with Gasteiger partial charge in [-0.2, -0.15) is 0 Å². The normalized spacial score (nSPS) is 23.9. The predicted octanol–water partition coefficient (Wildman–Crippen LogP) is 3.72. The molecule has 158 valence electrons. The number of hydrogen-bond acceptors (Lipinski definition) is 4. The molecular formula is C25H31N3O2. The number of ether oxygens (including phenoxy) is 1. The standard InChI is InChI=1S/C25H31N3O2/c1-28-22-14-19(23(30-20-10-11-20)15-18(22)9-12-24(28)29)16-27-21-8-5-13-26-25(21)17-6-3-2-4-7-17/h2-4,6-7,14-15,20-21,25-27H,5,8-13,16H2,1H3. The lowest BCUT2D eigenvalue weighted by Gasteiger charge is -2.34. The molecule has 2 unspecified atom stereocenters. The van der Waals surface area contributed by atoms with Gasteiger partial charge in [0.25, 0.3) is 0 Å². The molecule has 5 heteroatoms. The van der Waals surface area contributed by atoms with E-state index in [1.165, 1.54) is 17.5 Å². The molecule has 2 heterocycles. The molecule has 2 aliphatic heterocycles. The van der Waals surface area contributed by atoms with Crippen LogP contribution in [0.1, 0.15) is 54.8 Å². The second-order valence-corrected chi connectivity index (χ2v) is 8.83. The summed E-state index contributed by atoms with van der Waals surface area (Å²) in [6.45, 7) is 1.80. The molecule has 2 N–H and O–H groups in total. The van der Waals surface area contributed by atoms with E-state index >= 15 is 0 Å². The fourth-order valence-corrected chi connectivity index (χ4v) is 4.68. The van der Waals surface area contributed by atoms with Crippen molar-refractivity contribution in [1.29, 1.82) is 0 Å². The summed E-state index contributed by atoms with van der Waals surface area (Å²) >= 11 is 0. The molecule has 1 saturated heterocycles. The van der Waals surface area contributed by atoms with Crippen LogP contribution in [0.4, 0.5) is 5.69 Å². The highest BCUT2D eigenvalue weighted by Gasteiger charge is 2.29. The fourth-order valence-electron chi connectivity index (χ4n) is 4.68. The Balaban J connectivity index is 1.38. The zero-order valence-electron chi connectivity index (χ0n) is 17.7. The maximum absolute atomic E-state index is 12.2. The number of carbonyl (C=O) groups excluding carboxylic acids is 1. The van der Waals surface area contributed by atoms with Crippen LogP contribution in [0.3, 0.4) is 0 Å². The van der Waals surface area contributed by atoms with Crippen molar-refractivity contribution in [3.63, 3.8) is 0 Å². The quantitative estimate of drug-likeness (QED) is 0.769. The first-order valence-corrected chi connectivity index (χ1v) is 11.3. The van der Waals surface area contributed by atoms with Crippen molar-refractivity contribution in [3.05, 3.63) is 59.2 Å². The monoisotopic (exact) mass is 405 g/mol. The van der Waals surface area contributed by atoms with E-state index in [0.29, 0.717) is 24.6 Å². The number of hydrogen-bond donors (Lipinski definition) is 2. The van der Waals surface area contributed by atoms with Crippen molar-refractivity contribution in [2.75, 3.05) is 18.5 Å². The smallest absolute Gasteiger partial charge is 0.227 e. The van der Waals surface area contributed by atoms with Crippen LogP contribution in [0.15, 0.2) is 42.5 Å². The second kappa shape index (κ2) is 8.40. The summed E-state index contributed by atoms with van der Waals surface area (Å²) in [5.74, 6) is 1.18. The summed E-state index contributed by atoms with van der Waals surface area (Å²) in [6, 6.07) is 15.7. The molecule has 1 aliphatic carbocycles. The van der Waals surface area contributed by atoms with Gasteiger partial charge in [0, 0.05) is 43.3 Å². The number of anilines is 1. The number of nitrogens with zero attached hydrogens (tertiary/aromatic N) is 1. The number of carbonyl (C=O) groups is 1. The number of amides is 1. The van der Waals surface area contributed by atoms with Gasteiger partial charge >= 0.3 is 0 Å². The Hall–Kier alpha value is -2.37. The van der Waals surface area contributed by atoms with Gasteiger partial charge in [-0.1, -0.05) is 30.3 Å². The van der Waals surface area contributed by atoms with Gasteiger partial charge in [-0.05, 0) is 61.9 Å². The third kappa shape index (κ3) is 4.09. The molecule has 0 bridgehead atoms. The minimum atomic E-state index is 0.192. The van der Waals surface area contributed by atoms with Crippen molar-refractivity contribution in [1.82, 2.24) is 10.6 Å². The van der Waals surface area contributed by atoms with Crippen LogP contribution in [0.2, 0.25) is 0 Å². The van der Waals surface area contributed by atoms with Crippen LogP contribution < -0.4 is 20.3 Å². The highest BCUT2D eigenvalue weighted by molar-refractivity contribution is 5.96. The van der Waals surface area contributed by atoms with Gasteiger partial charge < -0.3 is 20.3 Å². The van der Waals surface area contributed by atoms with Gasteiger partial charge in [0.2, 0.25) is 5.91 Å². The fraction of sp³-hybridized carbons (Fsp3) is 0.480. The third-order valence-corrected chi connectivity index (χ3v) is 6.60. The van der Waals surface area contributed by atoms with Gasteiger partial charge in [-0.3, -0.25) is 4.79 Å². The van der Waals surface area contributed by atoms with Gasteiger partial charge in [-0.25, -0.2) is 0 Å². The van der Waals surface area contributed by atoms with Crippen molar-refractivity contribution in [2.45, 2.75) is 63.3 Å². The summed E-state index contributed by atoms with van der Waals surface area (Å²) in [5.41, 5.74) is 4.74. The van der Waals surface area contributed by atoms with Gasteiger partial charge in [0.05, 0.1) is 6.10 Å². The first kappa shape index (κ1) is 19.6. The Kier molecular flexibility index (Phi) is 5.48. The summed E-state index contributed by atoms with van der Waals surface area (Å²) in [4.78, 5) is 14.0. The summed E-state index contributed by atoms with van der Waals surface area (Å²) in [6.07, 6.45) is 6.35. The van der Waals surface area contributed by atoms with E-state index < -0.39 is 0 Å². The molecule has 2 aromatic carbocycles. The molecule has 5 rings (SSSR count). The maximum atomic E-state index is 12.2. The van der Waals surface area contributed by atoms with Crippen LogP contribution in [0.25, 0.3) is 0 Å². The Morgan fingerprint density at radius 2 is 1.97 bits per heavy atom. The van der Waals surface area contributed by atoms with Crippen molar-refractivity contribution in [3.8, 4) is 5.75 Å². The van der Waals surface area contributed by atoms with Gasteiger partial charge in [0.15, 0.2) is 0 Å². The molecule has 3 aliphatic rings.